The van der Waals surface area contributed by atoms with E-state index < -0.39 is 77.8 Å². The number of likely N-dealkylation sites (N-methyl/N-ethyl adjacent to an activating group) is 1. The predicted octanol–water partition coefficient (Wildman–Crippen LogP) is -0.00650. The lowest BCUT2D eigenvalue weighted by Crippen LogP contribution is -2.74. The summed E-state index contributed by atoms with van der Waals surface area (Å²) in [6, 6.07) is 10.4. The summed E-state index contributed by atoms with van der Waals surface area (Å²) in [6.45, 7) is 0.589. The van der Waals surface area contributed by atoms with Gasteiger partial charge in [-0.2, -0.15) is 0 Å². The van der Waals surface area contributed by atoms with Gasteiger partial charge in [0.1, 0.15) is 5.76 Å². The standard InChI is InChI=1S/C34H35NO15/c1-35-13-12-33-23-17-8-9-18(46-2)27(23)49-28(33)19(10-11-34(33,45)21(35)14-17)47-30(42)24(38)25(39)31(43)50-26(16-6-4-3-5-7-16)32(44)48-20(29(40)41)15-22(36)37/h3-10,20-21,24-26,28,38-39,45H,11-15H2,1-2H3,(H,36,37)(H,40,41)/t20-,21+,24-,25-,26+,28-,33-,34+/m1/s1. The van der Waals surface area contributed by atoms with Gasteiger partial charge < -0.3 is 54.1 Å². The molecule has 266 valence electrons. The van der Waals surface area contributed by atoms with Crippen LogP contribution in [0.2, 0.25) is 0 Å². The number of carbonyl (C=O) groups is 5. The maximum atomic E-state index is 13.3. The second-order valence-electron chi connectivity index (χ2n) is 12.7. The number of carboxylic acid groups (broad SMARTS) is 2. The Bertz CT molecular complexity index is 1760. The fourth-order valence-electron chi connectivity index (χ4n) is 7.63. The Kier molecular flexibility index (Phi) is 9.07. The molecule has 4 aliphatic rings. The molecule has 16 heteroatoms. The van der Waals surface area contributed by atoms with Gasteiger partial charge in [0.25, 0.3) is 0 Å². The van der Waals surface area contributed by atoms with Crippen LogP contribution in [0.15, 0.2) is 54.3 Å². The molecule has 2 heterocycles. The maximum Gasteiger partial charge on any atom is 0.353 e. The molecule has 0 unspecified atom stereocenters. The first-order valence-electron chi connectivity index (χ1n) is 15.7. The van der Waals surface area contributed by atoms with Crippen LogP contribution in [-0.2, 0) is 50.0 Å². The highest BCUT2D eigenvalue weighted by atomic mass is 16.6. The average Bonchev–Trinajstić information content (AvgIpc) is 3.45. The number of benzene rings is 2. The highest BCUT2D eigenvalue weighted by Crippen LogP contribution is 2.65. The fraction of sp³-hybridized carbons (Fsp3) is 0.441. The number of carbonyl (C=O) groups excluding carboxylic acids is 3. The number of carboxylic acids is 2. The average molecular weight is 698 g/mol. The predicted molar refractivity (Wildman–Crippen MR) is 165 cm³/mol. The van der Waals surface area contributed by atoms with Crippen molar-refractivity contribution in [2.24, 2.45) is 0 Å². The van der Waals surface area contributed by atoms with Crippen LogP contribution in [0.3, 0.4) is 0 Å². The molecule has 2 bridgehead atoms. The first kappa shape index (κ1) is 34.8. The van der Waals surface area contributed by atoms with Crippen LogP contribution in [-0.4, -0.2) is 117 Å². The second kappa shape index (κ2) is 13.0. The summed E-state index contributed by atoms with van der Waals surface area (Å²) < 4.78 is 27.4. The van der Waals surface area contributed by atoms with Crippen LogP contribution in [0.5, 0.6) is 11.5 Å². The Morgan fingerprint density at radius 2 is 1.68 bits per heavy atom. The van der Waals surface area contributed by atoms with Crippen LogP contribution >= 0.6 is 0 Å². The number of aliphatic hydroxyl groups excluding tert-OH is 2. The van der Waals surface area contributed by atoms with E-state index in [4.69, 9.17) is 28.8 Å². The molecule has 50 heavy (non-hydrogen) atoms. The van der Waals surface area contributed by atoms with Crippen molar-refractivity contribution in [3.05, 3.63) is 71.0 Å². The summed E-state index contributed by atoms with van der Waals surface area (Å²) in [5.74, 6) is -7.24. The van der Waals surface area contributed by atoms with E-state index >= 15 is 0 Å². The van der Waals surface area contributed by atoms with E-state index in [0.717, 1.165) is 11.1 Å². The number of ether oxygens (including phenoxy) is 5. The van der Waals surface area contributed by atoms with Gasteiger partial charge in [-0.1, -0.05) is 36.4 Å². The van der Waals surface area contributed by atoms with Crippen LogP contribution in [0, 0.1) is 0 Å². The summed E-state index contributed by atoms with van der Waals surface area (Å²) in [5.41, 5.74) is -0.721. The van der Waals surface area contributed by atoms with Gasteiger partial charge in [0.15, 0.2) is 29.8 Å². The number of rotatable bonds is 12. The molecule has 5 N–H and O–H groups in total. The molecule has 0 radical (unpaired) electrons. The van der Waals surface area contributed by atoms with Crippen LogP contribution in [0.25, 0.3) is 0 Å². The topological polar surface area (TPSA) is 236 Å². The van der Waals surface area contributed by atoms with Crippen LogP contribution in [0.4, 0.5) is 0 Å². The van der Waals surface area contributed by atoms with Gasteiger partial charge in [-0.3, -0.25) is 4.79 Å². The largest absolute Gasteiger partial charge is 0.493 e. The molecular formula is C34H35NO15. The summed E-state index contributed by atoms with van der Waals surface area (Å²) >= 11 is 0. The monoisotopic (exact) mass is 697 g/mol. The van der Waals surface area contributed by atoms with Crippen molar-refractivity contribution >= 4 is 29.8 Å². The number of hydrogen-bond acceptors (Lipinski definition) is 14. The molecule has 8 atom stereocenters. The minimum absolute atomic E-state index is 0.0506. The van der Waals surface area contributed by atoms with Crippen LogP contribution in [0.1, 0.15) is 42.1 Å². The van der Waals surface area contributed by atoms with E-state index in [1.165, 1.54) is 37.5 Å². The first-order valence-corrected chi connectivity index (χ1v) is 15.7. The number of piperidine rings is 1. The van der Waals surface area contributed by atoms with E-state index in [9.17, 15) is 44.4 Å². The third-order valence-corrected chi connectivity index (χ3v) is 10.0. The third kappa shape index (κ3) is 5.53. The molecule has 2 aromatic rings. The number of likely N-dealkylation sites (tertiary alicyclic amines) is 1. The van der Waals surface area contributed by atoms with Gasteiger partial charge in [-0.05, 0) is 44.1 Å². The molecule has 0 aromatic heterocycles. The molecule has 0 amide bonds. The molecule has 6 rings (SSSR count). The van der Waals surface area contributed by atoms with Gasteiger partial charge in [0.05, 0.1) is 24.5 Å². The Morgan fingerprint density at radius 1 is 0.980 bits per heavy atom. The van der Waals surface area contributed by atoms with Crippen molar-refractivity contribution < 1.29 is 73.2 Å². The number of aliphatic carboxylic acids is 2. The lowest BCUT2D eigenvalue weighted by atomic mass is 9.50. The van der Waals surface area contributed by atoms with E-state index in [1.54, 1.807) is 12.1 Å². The van der Waals surface area contributed by atoms with Crippen molar-refractivity contribution in [2.45, 2.75) is 73.3 Å². The first-order chi connectivity index (χ1) is 23.7. The van der Waals surface area contributed by atoms with Gasteiger partial charge in [-0.25, -0.2) is 19.2 Å². The van der Waals surface area contributed by atoms with Crippen molar-refractivity contribution in [3.63, 3.8) is 0 Å². The third-order valence-electron chi connectivity index (χ3n) is 10.0. The van der Waals surface area contributed by atoms with Crippen molar-refractivity contribution in [3.8, 4) is 11.5 Å². The zero-order valence-corrected chi connectivity index (χ0v) is 26.9. The quantitative estimate of drug-likeness (QED) is 0.145. The van der Waals surface area contributed by atoms with E-state index in [-0.39, 0.29) is 23.8 Å². The van der Waals surface area contributed by atoms with Gasteiger partial charge >= 0.3 is 29.8 Å². The highest BCUT2D eigenvalue weighted by molar-refractivity contribution is 5.89. The van der Waals surface area contributed by atoms with Crippen molar-refractivity contribution in [2.75, 3.05) is 20.7 Å². The minimum Gasteiger partial charge on any atom is -0.493 e. The Morgan fingerprint density at radius 3 is 2.34 bits per heavy atom. The normalized spacial score (nSPS) is 26.9. The molecule has 2 aliphatic carbocycles. The summed E-state index contributed by atoms with van der Waals surface area (Å²) in [7, 11) is 3.40. The van der Waals surface area contributed by atoms with Crippen molar-refractivity contribution in [1.82, 2.24) is 4.90 Å². The van der Waals surface area contributed by atoms with Gasteiger partial charge in [-0.15, -0.1) is 0 Å². The van der Waals surface area contributed by atoms with E-state index in [2.05, 4.69) is 4.90 Å². The molecular weight excluding hydrogens is 662 g/mol. The van der Waals surface area contributed by atoms with E-state index in [1.807, 2.05) is 13.1 Å². The summed E-state index contributed by atoms with van der Waals surface area (Å²) in [4.78, 5) is 63.9. The Balaban J connectivity index is 1.21. The molecule has 1 fully saturated rings. The number of hydrogen-bond donors (Lipinski definition) is 5. The lowest BCUT2D eigenvalue weighted by Gasteiger charge is -2.61. The summed E-state index contributed by atoms with van der Waals surface area (Å²) in [6.07, 6.45) is -8.94. The second-order valence-corrected chi connectivity index (χ2v) is 12.7. The molecule has 1 spiro atoms. The number of nitrogens with zero attached hydrogens (tertiary/aromatic N) is 1. The Labute approximate surface area is 284 Å². The molecule has 1 saturated heterocycles. The highest BCUT2D eigenvalue weighted by Gasteiger charge is 2.72. The molecule has 2 aliphatic heterocycles. The lowest BCUT2D eigenvalue weighted by molar-refractivity contribution is -0.187. The zero-order chi connectivity index (χ0) is 36.1. The number of esters is 3. The maximum absolute atomic E-state index is 13.3. The van der Waals surface area contributed by atoms with Crippen molar-refractivity contribution in [1.29, 1.82) is 0 Å². The fourth-order valence-corrected chi connectivity index (χ4v) is 7.63. The van der Waals surface area contributed by atoms with E-state index in [0.29, 0.717) is 30.9 Å². The summed E-state index contributed by atoms with van der Waals surface area (Å²) in [5, 5.41) is 52.0. The molecule has 0 saturated carbocycles. The SMILES string of the molecule is COc1ccc2c3c1O[C@@H]1C(OC(=O)[C@H](O)[C@@H](O)C(=O)O[C@H](C(=O)O[C@H](CC(=O)O)C(=O)O)c4ccccc4)=CC[C@]4(O)[C@H](C2)N(C)CC[C@@]314. The smallest absolute Gasteiger partial charge is 0.353 e. The van der Waals surface area contributed by atoms with Gasteiger partial charge in [0, 0.05) is 23.6 Å². The minimum atomic E-state index is -2.61. The van der Waals surface area contributed by atoms with Gasteiger partial charge in [0.2, 0.25) is 12.2 Å². The zero-order valence-electron chi connectivity index (χ0n) is 26.9. The molecule has 16 nitrogen and oxygen atoms in total. The molecule has 2 aromatic carbocycles. The number of aliphatic hydroxyl groups is 3. The number of methoxy groups -OCH3 is 1. The van der Waals surface area contributed by atoms with Crippen LogP contribution < -0.4 is 9.47 Å². The Hall–Kier alpha value is -5.03.